The summed E-state index contributed by atoms with van der Waals surface area (Å²) in [6.07, 6.45) is -0.699. The monoisotopic (exact) mass is 517 g/mol. The van der Waals surface area contributed by atoms with Crippen molar-refractivity contribution in [1.29, 1.82) is 0 Å². The summed E-state index contributed by atoms with van der Waals surface area (Å²) >= 11 is 0. The van der Waals surface area contributed by atoms with Gasteiger partial charge in [0.15, 0.2) is 0 Å². The molecule has 1 unspecified atom stereocenters. The molecule has 3 aromatic rings. The number of amides is 2. The summed E-state index contributed by atoms with van der Waals surface area (Å²) in [6, 6.07) is 7.34. The van der Waals surface area contributed by atoms with Crippen molar-refractivity contribution in [3.8, 4) is 0 Å². The van der Waals surface area contributed by atoms with E-state index in [4.69, 9.17) is 9.47 Å². The van der Waals surface area contributed by atoms with Gasteiger partial charge in [-0.1, -0.05) is 12.1 Å². The summed E-state index contributed by atoms with van der Waals surface area (Å²) < 4.78 is 38.8. The van der Waals surface area contributed by atoms with Crippen molar-refractivity contribution in [3.63, 3.8) is 0 Å². The van der Waals surface area contributed by atoms with Crippen LogP contribution < -0.4 is 15.5 Å². The first-order valence-corrected chi connectivity index (χ1v) is 11.0. The minimum atomic E-state index is -1.24. The second kappa shape index (κ2) is 12.0. The largest absolute Gasteiger partial charge is 0.460 e. The number of rotatable bonds is 9. The number of nitrogens with one attached hydrogen (secondary N) is 2. The van der Waals surface area contributed by atoms with E-state index >= 15 is 0 Å². The molecule has 2 heterocycles. The van der Waals surface area contributed by atoms with Gasteiger partial charge in [0.05, 0.1) is 12.2 Å². The third-order valence-electron chi connectivity index (χ3n) is 4.94. The minimum absolute atomic E-state index is 0.0123. The van der Waals surface area contributed by atoms with E-state index in [9.17, 15) is 23.2 Å². The minimum Gasteiger partial charge on any atom is -0.460 e. The fourth-order valence-corrected chi connectivity index (χ4v) is 3.07. The number of esters is 1. The van der Waals surface area contributed by atoms with Crippen LogP contribution in [-0.4, -0.2) is 58.6 Å². The van der Waals surface area contributed by atoms with E-state index < -0.39 is 41.7 Å². The summed E-state index contributed by atoms with van der Waals surface area (Å²) in [7, 11) is 2.98. The molecule has 0 fully saturated rings. The lowest BCUT2D eigenvalue weighted by atomic mass is 10.2. The molecule has 0 saturated heterocycles. The van der Waals surface area contributed by atoms with E-state index in [1.807, 2.05) is 0 Å². The summed E-state index contributed by atoms with van der Waals surface area (Å²) in [4.78, 5) is 42.7. The highest BCUT2D eigenvalue weighted by molar-refractivity contribution is 6.02. The molecule has 2 N–H and O–H groups in total. The van der Waals surface area contributed by atoms with Gasteiger partial charge < -0.3 is 20.1 Å². The Balaban J connectivity index is 1.68. The van der Waals surface area contributed by atoms with Gasteiger partial charge in [0.25, 0.3) is 11.9 Å². The van der Waals surface area contributed by atoms with Crippen LogP contribution >= 0.6 is 0 Å². The van der Waals surface area contributed by atoms with E-state index in [1.54, 1.807) is 32.2 Å². The van der Waals surface area contributed by atoms with Crippen LogP contribution in [0.4, 0.5) is 25.1 Å². The van der Waals surface area contributed by atoms with E-state index in [-0.39, 0.29) is 24.7 Å². The number of aromatic nitrogens is 4. The standard InChI is InChI=1S/C23H25F2N7O5/c1-13-7-8-17(16(24)10-13)28-22(34)19-20(25)30-32(29-19)14(2)37-23(35)31(4)21-15(6-5-9-27-21)12-36-18(33)11-26-3/h5-10,14,26H,11-12H2,1-4H3,(H,28,34). The second-order valence-corrected chi connectivity index (χ2v) is 7.82. The maximum atomic E-state index is 14.4. The van der Waals surface area contributed by atoms with Gasteiger partial charge in [-0.3, -0.25) is 14.5 Å². The van der Waals surface area contributed by atoms with Crippen molar-refractivity contribution in [2.45, 2.75) is 26.7 Å². The lowest BCUT2D eigenvalue weighted by Gasteiger charge is -2.21. The Bertz CT molecular complexity index is 1300. The highest BCUT2D eigenvalue weighted by Gasteiger charge is 2.25. The molecule has 1 aromatic carbocycles. The molecule has 2 amide bonds. The van der Waals surface area contributed by atoms with Crippen LogP contribution in [0, 0.1) is 18.7 Å². The van der Waals surface area contributed by atoms with E-state index in [0.29, 0.717) is 15.9 Å². The summed E-state index contributed by atoms with van der Waals surface area (Å²) in [5.74, 6) is -3.30. The van der Waals surface area contributed by atoms with Gasteiger partial charge in [0.2, 0.25) is 11.9 Å². The maximum absolute atomic E-state index is 14.4. The number of anilines is 2. The van der Waals surface area contributed by atoms with Gasteiger partial charge in [0.1, 0.15) is 18.2 Å². The lowest BCUT2D eigenvalue weighted by molar-refractivity contribution is -0.143. The summed E-state index contributed by atoms with van der Waals surface area (Å²) in [5.41, 5.74) is 0.200. The van der Waals surface area contributed by atoms with Gasteiger partial charge in [-0.05, 0) is 44.7 Å². The number of benzene rings is 1. The molecule has 196 valence electrons. The van der Waals surface area contributed by atoms with Crippen LogP contribution in [0.2, 0.25) is 0 Å². The zero-order valence-corrected chi connectivity index (χ0v) is 20.5. The number of hydrogen-bond acceptors (Lipinski definition) is 9. The van der Waals surface area contributed by atoms with Crippen molar-refractivity contribution in [2.75, 3.05) is 30.9 Å². The van der Waals surface area contributed by atoms with Crippen LogP contribution in [0.15, 0.2) is 36.5 Å². The first-order chi connectivity index (χ1) is 17.6. The van der Waals surface area contributed by atoms with Crippen LogP contribution in [0.1, 0.15) is 34.8 Å². The number of carbonyl (C=O) groups excluding carboxylic acids is 3. The topological polar surface area (TPSA) is 141 Å². The summed E-state index contributed by atoms with van der Waals surface area (Å²) in [6.45, 7) is 2.90. The molecule has 0 aliphatic rings. The van der Waals surface area contributed by atoms with Gasteiger partial charge in [-0.25, -0.2) is 14.2 Å². The predicted octanol–water partition coefficient (Wildman–Crippen LogP) is 2.57. The van der Waals surface area contributed by atoms with Crippen molar-refractivity contribution in [1.82, 2.24) is 25.3 Å². The Hall–Kier alpha value is -4.46. The number of pyridine rings is 1. The van der Waals surface area contributed by atoms with Gasteiger partial charge in [-0.15, -0.1) is 15.0 Å². The van der Waals surface area contributed by atoms with Gasteiger partial charge in [-0.2, -0.15) is 4.39 Å². The molecule has 37 heavy (non-hydrogen) atoms. The first-order valence-electron chi connectivity index (χ1n) is 11.0. The Labute approximate surface area is 210 Å². The molecule has 0 aliphatic heterocycles. The molecule has 14 heteroatoms. The quantitative estimate of drug-likeness (QED) is 0.410. The highest BCUT2D eigenvalue weighted by Crippen LogP contribution is 2.20. The molecule has 0 spiro atoms. The third-order valence-corrected chi connectivity index (χ3v) is 4.94. The molecule has 0 aliphatic carbocycles. The van der Waals surface area contributed by atoms with E-state index in [0.717, 1.165) is 4.90 Å². The Kier molecular flexibility index (Phi) is 8.79. The normalized spacial score (nSPS) is 11.5. The van der Waals surface area contributed by atoms with Crippen molar-refractivity contribution >= 4 is 29.5 Å². The van der Waals surface area contributed by atoms with Crippen LogP contribution in [0.3, 0.4) is 0 Å². The Morgan fingerprint density at radius 3 is 2.65 bits per heavy atom. The number of ether oxygens (including phenoxy) is 2. The highest BCUT2D eigenvalue weighted by atomic mass is 19.1. The maximum Gasteiger partial charge on any atom is 0.417 e. The third kappa shape index (κ3) is 6.82. The smallest absolute Gasteiger partial charge is 0.417 e. The van der Waals surface area contributed by atoms with Gasteiger partial charge >= 0.3 is 12.1 Å². The van der Waals surface area contributed by atoms with Crippen LogP contribution in [0.5, 0.6) is 0 Å². The SMILES string of the molecule is CNCC(=O)OCc1cccnc1N(C)C(=O)OC(C)n1nc(F)c(C(=O)Nc2ccc(C)cc2F)n1. The van der Waals surface area contributed by atoms with Crippen molar-refractivity contribution in [3.05, 3.63) is 65.1 Å². The number of hydrogen-bond donors (Lipinski definition) is 2. The molecular formula is C23H25F2N7O5. The molecule has 0 bridgehead atoms. The molecule has 12 nitrogen and oxygen atoms in total. The fraction of sp³-hybridized carbons (Fsp3) is 0.304. The zero-order chi connectivity index (χ0) is 27.1. The molecule has 3 rings (SSSR count). The molecular weight excluding hydrogens is 492 g/mol. The van der Waals surface area contributed by atoms with Crippen LogP contribution in [-0.2, 0) is 20.9 Å². The molecule has 0 radical (unpaired) electrons. The number of halogens is 2. The fourth-order valence-electron chi connectivity index (χ4n) is 3.07. The number of carbonyl (C=O) groups is 3. The predicted molar refractivity (Wildman–Crippen MR) is 127 cm³/mol. The average Bonchev–Trinajstić information content (AvgIpc) is 3.26. The average molecular weight is 517 g/mol. The number of aryl methyl sites for hydroxylation is 1. The van der Waals surface area contributed by atoms with E-state index in [1.165, 1.54) is 32.3 Å². The summed E-state index contributed by atoms with van der Waals surface area (Å²) in [5, 5.41) is 12.1. The Morgan fingerprint density at radius 1 is 1.19 bits per heavy atom. The molecule has 0 saturated carbocycles. The molecule has 1 atom stereocenters. The first kappa shape index (κ1) is 27.1. The van der Waals surface area contributed by atoms with Crippen molar-refractivity contribution in [2.24, 2.45) is 0 Å². The van der Waals surface area contributed by atoms with E-state index in [2.05, 4.69) is 25.8 Å². The lowest BCUT2D eigenvalue weighted by Crippen LogP contribution is -2.31. The number of nitrogens with zero attached hydrogens (tertiary/aromatic N) is 5. The van der Waals surface area contributed by atoms with Crippen molar-refractivity contribution < 1.29 is 32.6 Å². The molecule has 2 aromatic heterocycles. The van der Waals surface area contributed by atoms with Gasteiger partial charge in [0, 0.05) is 18.8 Å². The second-order valence-electron chi connectivity index (χ2n) is 7.82. The number of likely N-dealkylation sites (N-methyl/N-ethyl adjacent to an activating group) is 1. The zero-order valence-electron chi connectivity index (χ0n) is 20.5. The van der Waals surface area contributed by atoms with Crippen LogP contribution in [0.25, 0.3) is 0 Å². The Morgan fingerprint density at radius 2 is 1.95 bits per heavy atom.